The molecular weight excluding hydrogens is 434 g/mol. The first kappa shape index (κ1) is 27.3. The van der Waals surface area contributed by atoms with Crippen molar-refractivity contribution in [3.8, 4) is 11.1 Å². The van der Waals surface area contributed by atoms with Crippen molar-refractivity contribution < 1.29 is 0 Å². The summed E-state index contributed by atoms with van der Waals surface area (Å²) in [5, 5.41) is 2.67. The fourth-order valence-electron chi connectivity index (χ4n) is 5.41. The Bertz CT molecular complexity index is 1430. The fraction of sp³-hybridized carbons (Fsp3) is 0.314. The van der Waals surface area contributed by atoms with Crippen molar-refractivity contribution >= 4 is 21.8 Å². The first-order valence-corrected chi connectivity index (χ1v) is 13.9. The Morgan fingerprint density at radius 2 is 1.25 bits per heavy atom. The maximum Gasteiger partial charge on any atom is 0.0489 e. The monoisotopic (exact) mass is 477 g/mol. The molecule has 1 heteroatoms. The summed E-state index contributed by atoms with van der Waals surface area (Å²) < 4.78 is 2.30. The summed E-state index contributed by atoms with van der Waals surface area (Å²) in [6, 6.07) is 29.4. The number of nitrogens with zero attached hydrogens (tertiary/aromatic N) is 1. The Labute approximate surface area is 218 Å². The molecule has 1 aliphatic carbocycles. The van der Waals surface area contributed by atoms with Gasteiger partial charge >= 0.3 is 0 Å². The molecule has 0 bridgehead atoms. The van der Waals surface area contributed by atoms with E-state index < -0.39 is 0 Å². The van der Waals surface area contributed by atoms with Crippen molar-refractivity contribution in [3.05, 3.63) is 107 Å². The molecule has 0 saturated carbocycles. The number of aryl methyl sites for hydroxylation is 2. The zero-order valence-corrected chi connectivity index (χ0v) is 23.6. The summed E-state index contributed by atoms with van der Waals surface area (Å²) in [5.41, 5.74) is 12.8. The Hall–Kier alpha value is -3.32. The molecular formula is C35H43N. The van der Waals surface area contributed by atoms with Crippen molar-refractivity contribution in [2.75, 3.05) is 0 Å². The molecule has 0 saturated heterocycles. The Balaban J connectivity index is 0.000000563. The second-order valence-electron chi connectivity index (χ2n) is 8.51. The van der Waals surface area contributed by atoms with Crippen LogP contribution in [0.1, 0.15) is 76.3 Å². The molecule has 5 aromatic rings. The van der Waals surface area contributed by atoms with Gasteiger partial charge in [-0.2, -0.15) is 0 Å². The molecule has 36 heavy (non-hydrogen) atoms. The molecule has 1 heterocycles. The van der Waals surface area contributed by atoms with Crippen molar-refractivity contribution in [1.82, 2.24) is 4.57 Å². The van der Waals surface area contributed by atoms with E-state index in [2.05, 4.69) is 97.4 Å². The maximum absolute atomic E-state index is 2.40. The third-order valence-corrected chi connectivity index (χ3v) is 6.98. The predicted octanol–water partition coefficient (Wildman–Crippen LogP) is 10.1. The molecule has 0 unspecified atom stereocenters. The zero-order valence-electron chi connectivity index (χ0n) is 23.6. The molecule has 1 nitrogen and oxygen atoms in total. The quantitative estimate of drug-likeness (QED) is 0.234. The lowest BCUT2D eigenvalue weighted by molar-refractivity contribution is 0.961. The van der Waals surface area contributed by atoms with Gasteiger partial charge in [-0.25, -0.2) is 0 Å². The van der Waals surface area contributed by atoms with Crippen LogP contribution in [0.5, 0.6) is 0 Å². The number of para-hydroxylation sites is 1. The van der Waals surface area contributed by atoms with Crippen LogP contribution < -0.4 is 0 Å². The molecule has 1 aliphatic rings. The van der Waals surface area contributed by atoms with E-state index in [9.17, 15) is 0 Å². The number of hydrogen-bond donors (Lipinski definition) is 0. The molecule has 0 atom stereocenters. The average Bonchev–Trinajstić information content (AvgIpc) is 3.25. The minimum atomic E-state index is 1.04. The number of hydrogen-bond acceptors (Lipinski definition) is 0. The minimum absolute atomic E-state index is 1.04. The highest BCUT2D eigenvalue weighted by Crippen LogP contribution is 2.38. The number of aromatic nitrogens is 1. The van der Waals surface area contributed by atoms with E-state index in [4.69, 9.17) is 0 Å². The van der Waals surface area contributed by atoms with Crippen LogP contribution in [0.2, 0.25) is 0 Å². The normalized spacial score (nSPS) is 11.2. The Morgan fingerprint density at radius 1 is 0.611 bits per heavy atom. The molecule has 4 aromatic carbocycles. The van der Waals surface area contributed by atoms with Crippen molar-refractivity contribution in [3.63, 3.8) is 0 Å². The van der Waals surface area contributed by atoms with Gasteiger partial charge in [-0.05, 0) is 76.4 Å². The smallest absolute Gasteiger partial charge is 0.0489 e. The number of benzene rings is 4. The van der Waals surface area contributed by atoms with Gasteiger partial charge in [0.25, 0.3) is 0 Å². The Morgan fingerprint density at radius 3 is 1.97 bits per heavy atom. The van der Waals surface area contributed by atoms with Crippen LogP contribution in [-0.4, -0.2) is 4.57 Å². The van der Waals surface area contributed by atoms with Gasteiger partial charge < -0.3 is 4.57 Å². The largest absolute Gasteiger partial charge is 0.344 e. The second-order valence-corrected chi connectivity index (χ2v) is 8.51. The molecule has 0 N–H and O–H groups in total. The van der Waals surface area contributed by atoms with Crippen molar-refractivity contribution in [2.24, 2.45) is 7.05 Å². The summed E-state index contributed by atoms with van der Waals surface area (Å²) in [6.45, 7) is 14.3. The highest BCUT2D eigenvalue weighted by Gasteiger charge is 2.21. The topological polar surface area (TPSA) is 4.93 Å². The molecule has 188 valence electrons. The molecule has 0 amide bonds. The van der Waals surface area contributed by atoms with Gasteiger partial charge in [0.2, 0.25) is 0 Å². The lowest BCUT2D eigenvalue weighted by atomic mass is 9.80. The van der Waals surface area contributed by atoms with Crippen LogP contribution in [0.4, 0.5) is 0 Å². The van der Waals surface area contributed by atoms with Gasteiger partial charge in [0.05, 0.1) is 0 Å². The fourth-order valence-corrected chi connectivity index (χ4v) is 5.41. The van der Waals surface area contributed by atoms with E-state index >= 15 is 0 Å². The van der Waals surface area contributed by atoms with E-state index in [1.165, 1.54) is 55.2 Å². The predicted molar refractivity (Wildman–Crippen MR) is 161 cm³/mol. The van der Waals surface area contributed by atoms with Gasteiger partial charge in [-0.15, -0.1) is 0 Å². The summed E-state index contributed by atoms with van der Waals surface area (Å²) in [7, 11) is 2.16. The molecule has 0 radical (unpaired) electrons. The van der Waals surface area contributed by atoms with Gasteiger partial charge in [0, 0.05) is 28.9 Å². The average molecular weight is 478 g/mol. The number of fused-ring (bicyclic) bond motifs is 5. The van der Waals surface area contributed by atoms with E-state index in [-0.39, 0.29) is 0 Å². The lowest BCUT2D eigenvalue weighted by Gasteiger charge is -2.24. The maximum atomic E-state index is 2.40. The molecule has 0 spiro atoms. The molecule has 6 rings (SSSR count). The van der Waals surface area contributed by atoms with E-state index in [1.807, 2.05) is 41.5 Å². The second kappa shape index (κ2) is 12.6. The van der Waals surface area contributed by atoms with Gasteiger partial charge in [0.15, 0.2) is 0 Å². The highest BCUT2D eigenvalue weighted by molar-refractivity contribution is 6.09. The van der Waals surface area contributed by atoms with Crippen LogP contribution in [0.15, 0.2) is 78.9 Å². The Kier molecular flexibility index (Phi) is 9.53. The summed E-state index contributed by atoms with van der Waals surface area (Å²) in [5.74, 6) is 0. The molecule has 0 fully saturated rings. The van der Waals surface area contributed by atoms with Crippen LogP contribution in [0.3, 0.4) is 0 Å². The van der Waals surface area contributed by atoms with Gasteiger partial charge in [0.1, 0.15) is 0 Å². The summed E-state index contributed by atoms with van der Waals surface area (Å²) in [4.78, 5) is 0. The van der Waals surface area contributed by atoms with Gasteiger partial charge in [-0.3, -0.25) is 0 Å². The van der Waals surface area contributed by atoms with Crippen LogP contribution in [-0.2, 0) is 26.3 Å². The lowest BCUT2D eigenvalue weighted by Crippen LogP contribution is -2.11. The third-order valence-electron chi connectivity index (χ3n) is 6.98. The van der Waals surface area contributed by atoms with Crippen LogP contribution >= 0.6 is 0 Å². The first-order chi connectivity index (χ1) is 17.7. The third kappa shape index (κ3) is 4.85. The van der Waals surface area contributed by atoms with Crippen molar-refractivity contribution in [1.29, 1.82) is 0 Å². The van der Waals surface area contributed by atoms with Crippen molar-refractivity contribution in [2.45, 2.75) is 67.7 Å². The standard InChI is InChI=1S/C29H25N.3C2H6/c1-3-19-8-6-9-20-16-21-10-7-12-23(26(21)18-25(19)20)22-14-15-29-27(17-22)24-11-4-5-13-28(24)30(29)2;3*1-2/h4-15,17H,3,16,18H2,1-2H3;3*1-2H3. The van der Waals surface area contributed by atoms with E-state index in [0.717, 1.165) is 19.3 Å². The molecule has 1 aromatic heterocycles. The summed E-state index contributed by atoms with van der Waals surface area (Å²) >= 11 is 0. The van der Waals surface area contributed by atoms with Crippen LogP contribution in [0, 0.1) is 0 Å². The van der Waals surface area contributed by atoms with E-state index in [0.29, 0.717) is 0 Å². The SMILES string of the molecule is CC.CC.CC.CCc1cccc2c1Cc1c(cccc1-c1ccc3c(c1)c1ccccc1n3C)C2. The van der Waals surface area contributed by atoms with E-state index in [1.54, 1.807) is 5.56 Å². The van der Waals surface area contributed by atoms with Gasteiger partial charge in [-0.1, -0.05) is 109 Å². The highest BCUT2D eigenvalue weighted by atomic mass is 14.9. The minimum Gasteiger partial charge on any atom is -0.344 e. The van der Waals surface area contributed by atoms with Crippen LogP contribution in [0.25, 0.3) is 32.9 Å². The number of rotatable bonds is 2. The zero-order chi connectivity index (χ0) is 26.2. The summed E-state index contributed by atoms with van der Waals surface area (Å²) in [6.07, 6.45) is 3.18. The molecule has 0 aliphatic heterocycles. The first-order valence-electron chi connectivity index (χ1n) is 13.9.